The van der Waals surface area contributed by atoms with Crippen LogP contribution in [0.25, 0.3) is 0 Å². The van der Waals surface area contributed by atoms with Gasteiger partial charge in [-0.3, -0.25) is 9.79 Å². The van der Waals surface area contributed by atoms with Crippen LogP contribution in [0.3, 0.4) is 0 Å². The summed E-state index contributed by atoms with van der Waals surface area (Å²) < 4.78 is 0. The van der Waals surface area contributed by atoms with E-state index in [9.17, 15) is 4.79 Å². The average molecular weight is 481 g/mol. The van der Waals surface area contributed by atoms with Gasteiger partial charge in [-0.05, 0) is 43.5 Å². The first-order valence-electron chi connectivity index (χ1n) is 8.71. The van der Waals surface area contributed by atoms with Crippen LogP contribution in [0.1, 0.15) is 28.7 Å². The predicted molar refractivity (Wildman–Crippen MR) is 122 cm³/mol. The van der Waals surface area contributed by atoms with Gasteiger partial charge in [-0.15, -0.1) is 24.0 Å². The Hall–Kier alpha value is -2.16. The number of rotatable bonds is 6. The molecule has 146 valence electrons. The van der Waals surface area contributed by atoms with E-state index in [1.54, 1.807) is 19.3 Å². The van der Waals surface area contributed by atoms with Crippen LogP contribution in [0.2, 0.25) is 0 Å². The first kappa shape index (κ1) is 22.9. The molecule has 0 saturated heterocycles. The third-order valence-corrected chi connectivity index (χ3v) is 3.99. The number of benzene rings is 1. The number of nitrogens with zero attached hydrogens (tertiary/aromatic N) is 2. The highest BCUT2D eigenvalue weighted by molar-refractivity contribution is 14.0. The Labute approximate surface area is 178 Å². The molecular weight excluding hydrogens is 453 g/mol. The number of guanidine groups is 1. The summed E-state index contributed by atoms with van der Waals surface area (Å²) in [4.78, 5) is 20.3. The second kappa shape index (κ2) is 11.5. The van der Waals surface area contributed by atoms with Crippen LogP contribution in [0, 0.1) is 20.8 Å². The molecule has 0 bridgehead atoms. The van der Waals surface area contributed by atoms with Crippen molar-refractivity contribution in [3.05, 3.63) is 58.8 Å². The molecule has 3 N–H and O–H groups in total. The van der Waals surface area contributed by atoms with Gasteiger partial charge < -0.3 is 16.0 Å². The number of carbonyl (C=O) groups excluding carboxylic acids is 1. The van der Waals surface area contributed by atoms with Gasteiger partial charge in [0.1, 0.15) is 5.82 Å². The van der Waals surface area contributed by atoms with Crippen LogP contribution in [0.4, 0.5) is 5.82 Å². The predicted octanol–water partition coefficient (Wildman–Crippen LogP) is 3.32. The Morgan fingerprint density at radius 3 is 2.44 bits per heavy atom. The lowest BCUT2D eigenvalue weighted by Gasteiger charge is -2.13. The number of aromatic nitrogens is 1. The van der Waals surface area contributed by atoms with Crippen molar-refractivity contribution in [1.82, 2.24) is 15.6 Å². The van der Waals surface area contributed by atoms with Gasteiger partial charge in [0.2, 0.25) is 5.91 Å². The molecular formula is C20H28IN5O. The van der Waals surface area contributed by atoms with E-state index < -0.39 is 0 Å². The molecule has 0 fully saturated rings. The summed E-state index contributed by atoms with van der Waals surface area (Å²) in [7, 11) is 1.72. The van der Waals surface area contributed by atoms with Crippen LogP contribution in [0.5, 0.6) is 0 Å². The zero-order valence-corrected chi connectivity index (χ0v) is 18.6. The molecule has 1 amide bonds. The minimum Gasteiger partial charge on any atom is -0.356 e. The molecule has 0 spiro atoms. The van der Waals surface area contributed by atoms with Gasteiger partial charge in [0.25, 0.3) is 0 Å². The minimum absolute atomic E-state index is 0. The largest absolute Gasteiger partial charge is 0.356 e. The fourth-order valence-corrected chi connectivity index (χ4v) is 2.49. The molecule has 1 aromatic heterocycles. The molecule has 0 radical (unpaired) electrons. The Bertz CT molecular complexity index is 774. The van der Waals surface area contributed by atoms with Crippen molar-refractivity contribution in [2.24, 2.45) is 4.99 Å². The van der Waals surface area contributed by atoms with Gasteiger partial charge >= 0.3 is 0 Å². The standard InChI is InChI=1S/C20H27N5O.HI/c1-14-5-7-17(16(3)11-14)13-24-20(21-4)22-10-9-19(26)25-18-8-6-15(2)12-23-18;/h5-8,11-12H,9-10,13H2,1-4H3,(H2,21,22,24)(H,23,25,26);1H. The smallest absolute Gasteiger partial charge is 0.227 e. The van der Waals surface area contributed by atoms with Crippen molar-refractivity contribution in [2.75, 3.05) is 18.9 Å². The normalized spacial score (nSPS) is 10.7. The maximum Gasteiger partial charge on any atom is 0.227 e. The van der Waals surface area contributed by atoms with Crippen molar-refractivity contribution in [3.8, 4) is 0 Å². The fourth-order valence-electron chi connectivity index (χ4n) is 2.49. The second-order valence-electron chi connectivity index (χ2n) is 6.30. The molecule has 27 heavy (non-hydrogen) atoms. The van der Waals surface area contributed by atoms with E-state index in [0.717, 1.165) is 5.56 Å². The summed E-state index contributed by atoms with van der Waals surface area (Å²) in [6, 6.07) is 10.1. The Morgan fingerprint density at radius 1 is 1.07 bits per heavy atom. The van der Waals surface area contributed by atoms with Gasteiger partial charge in [0.15, 0.2) is 5.96 Å². The average Bonchev–Trinajstić information content (AvgIpc) is 2.61. The first-order chi connectivity index (χ1) is 12.5. The second-order valence-corrected chi connectivity index (χ2v) is 6.30. The third-order valence-electron chi connectivity index (χ3n) is 3.99. The van der Waals surface area contributed by atoms with E-state index in [2.05, 4.69) is 58.0 Å². The Kier molecular flexibility index (Phi) is 9.77. The van der Waals surface area contributed by atoms with Crippen LogP contribution >= 0.6 is 24.0 Å². The number of halogens is 1. The molecule has 0 unspecified atom stereocenters. The number of nitrogens with one attached hydrogen (secondary N) is 3. The molecule has 7 heteroatoms. The molecule has 1 heterocycles. The van der Waals surface area contributed by atoms with Crippen LogP contribution in [-0.2, 0) is 11.3 Å². The number of pyridine rings is 1. The minimum atomic E-state index is -0.0846. The Morgan fingerprint density at radius 2 is 1.81 bits per heavy atom. The molecule has 0 aliphatic carbocycles. The van der Waals surface area contributed by atoms with Gasteiger partial charge in [0.05, 0.1) is 0 Å². The SMILES string of the molecule is CN=C(NCCC(=O)Nc1ccc(C)cn1)NCc1ccc(C)cc1C.I. The highest BCUT2D eigenvalue weighted by atomic mass is 127. The highest BCUT2D eigenvalue weighted by Crippen LogP contribution is 2.10. The lowest BCUT2D eigenvalue weighted by atomic mass is 10.1. The zero-order chi connectivity index (χ0) is 18.9. The van der Waals surface area contributed by atoms with E-state index in [0.29, 0.717) is 31.3 Å². The number of anilines is 1. The molecule has 0 aliphatic heterocycles. The van der Waals surface area contributed by atoms with Crippen molar-refractivity contribution in [2.45, 2.75) is 33.7 Å². The van der Waals surface area contributed by atoms with Gasteiger partial charge in [0, 0.05) is 32.8 Å². The molecule has 6 nitrogen and oxygen atoms in total. The van der Waals surface area contributed by atoms with Crippen LogP contribution < -0.4 is 16.0 Å². The number of carbonyl (C=O) groups is 1. The summed E-state index contributed by atoms with van der Waals surface area (Å²) in [5.74, 6) is 1.16. The molecule has 2 rings (SSSR count). The lowest BCUT2D eigenvalue weighted by molar-refractivity contribution is -0.116. The number of amides is 1. The van der Waals surface area contributed by atoms with E-state index in [1.807, 2.05) is 13.0 Å². The quantitative estimate of drug-likeness (QED) is 0.336. The molecule has 2 aromatic rings. The van der Waals surface area contributed by atoms with E-state index in [4.69, 9.17) is 0 Å². The zero-order valence-electron chi connectivity index (χ0n) is 16.3. The molecule has 0 saturated carbocycles. The maximum atomic E-state index is 12.0. The van der Waals surface area contributed by atoms with Crippen LogP contribution in [0.15, 0.2) is 41.5 Å². The van der Waals surface area contributed by atoms with E-state index in [-0.39, 0.29) is 29.9 Å². The van der Waals surface area contributed by atoms with Crippen molar-refractivity contribution < 1.29 is 4.79 Å². The molecule has 0 aliphatic rings. The first-order valence-corrected chi connectivity index (χ1v) is 8.71. The Balaban J connectivity index is 0.00000364. The lowest BCUT2D eigenvalue weighted by Crippen LogP contribution is -2.38. The van der Waals surface area contributed by atoms with Gasteiger partial charge in [-0.1, -0.05) is 29.8 Å². The summed E-state index contributed by atoms with van der Waals surface area (Å²) in [6.07, 6.45) is 2.06. The van der Waals surface area contributed by atoms with E-state index in [1.165, 1.54) is 16.7 Å². The fraction of sp³-hybridized carbons (Fsp3) is 0.350. The summed E-state index contributed by atoms with van der Waals surface area (Å²) in [5.41, 5.74) is 4.78. The molecule has 0 atom stereocenters. The summed E-state index contributed by atoms with van der Waals surface area (Å²) in [5, 5.41) is 9.21. The monoisotopic (exact) mass is 481 g/mol. The van der Waals surface area contributed by atoms with E-state index >= 15 is 0 Å². The van der Waals surface area contributed by atoms with Gasteiger partial charge in [-0.2, -0.15) is 0 Å². The number of hydrogen-bond acceptors (Lipinski definition) is 3. The molecule has 1 aromatic carbocycles. The number of hydrogen-bond donors (Lipinski definition) is 3. The maximum absolute atomic E-state index is 12.0. The van der Waals surface area contributed by atoms with Crippen LogP contribution in [-0.4, -0.2) is 30.4 Å². The number of aliphatic imine (C=N–C) groups is 1. The summed E-state index contributed by atoms with van der Waals surface area (Å²) >= 11 is 0. The van der Waals surface area contributed by atoms with Crippen molar-refractivity contribution in [1.29, 1.82) is 0 Å². The van der Waals surface area contributed by atoms with Crippen molar-refractivity contribution in [3.63, 3.8) is 0 Å². The van der Waals surface area contributed by atoms with Gasteiger partial charge in [-0.25, -0.2) is 4.98 Å². The topological polar surface area (TPSA) is 78.4 Å². The number of aryl methyl sites for hydroxylation is 3. The van der Waals surface area contributed by atoms with Crippen molar-refractivity contribution >= 4 is 41.7 Å². The summed E-state index contributed by atoms with van der Waals surface area (Å²) in [6.45, 7) is 7.32. The third kappa shape index (κ3) is 7.94. The highest BCUT2D eigenvalue weighted by Gasteiger charge is 2.05.